The van der Waals surface area contributed by atoms with Crippen LogP contribution in [0.15, 0.2) is 11.1 Å². The maximum absolute atomic E-state index is 12.8. The molecule has 0 bridgehead atoms. The maximum Gasteiger partial charge on any atom is 0.251 e. The number of nitrogens with one attached hydrogen (secondary N) is 1. The Kier molecular flexibility index (Phi) is 6.56. The zero-order valence-corrected chi connectivity index (χ0v) is 13.3. The number of rotatable bonds is 5. The summed E-state index contributed by atoms with van der Waals surface area (Å²) < 4.78 is 0. The Morgan fingerprint density at radius 2 is 2.00 bits per heavy atom. The van der Waals surface area contributed by atoms with Crippen molar-refractivity contribution in [3.8, 4) is 0 Å². The normalized spacial score (nSPS) is 20.8. The van der Waals surface area contributed by atoms with Crippen LogP contribution >= 0.6 is 0 Å². The van der Waals surface area contributed by atoms with Crippen molar-refractivity contribution in [1.29, 1.82) is 0 Å². The van der Waals surface area contributed by atoms with E-state index >= 15 is 0 Å². The van der Waals surface area contributed by atoms with E-state index in [1.807, 2.05) is 13.8 Å². The highest BCUT2D eigenvalue weighted by molar-refractivity contribution is 5.94. The Hall–Kier alpha value is -0.830. The summed E-state index contributed by atoms with van der Waals surface area (Å²) in [6.45, 7) is 11.5. The summed E-state index contributed by atoms with van der Waals surface area (Å²) in [5, 5.41) is 3.52. The number of allylic oxidation sites excluding steroid dienone is 1. The molecule has 1 fully saturated rings. The SMILES string of the molecule is CCC(C(=O)N(C(C)CC)C1CCCCN1)=C(C)C. The van der Waals surface area contributed by atoms with E-state index in [-0.39, 0.29) is 12.1 Å². The van der Waals surface area contributed by atoms with E-state index in [1.165, 1.54) is 12.8 Å². The van der Waals surface area contributed by atoms with E-state index in [0.29, 0.717) is 6.04 Å². The molecule has 1 aliphatic heterocycles. The molecule has 1 heterocycles. The lowest BCUT2D eigenvalue weighted by Crippen LogP contribution is -2.54. The average molecular weight is 266 g/mol. The molecule has 0 aliphatic carbocycles. The van der Waals surface area contributed by atoms with Gasteiger partial charge in [0.2, 0.25) is 0 Å². The molecule has 1 aliphatic rings. The monoisotopic (exact) mass is 266 g/mol. The second-order valence-corrected chi connectivity index (χ2v) is 5.77. The first-order valence-electron chi connectivity index (χ1n) is 7.75. The molecule has 1 amide bonds. The van der Waals surface area contributed by atoms with Crippen LogP contribution in [0, 0.1) is 0 Å². The molecule has 1 saturated heterocycles. The van der Waals surface area contributed by atoms with Gasteiger partial charge in [0.25, 0.3) is 5.91 Å². The fourth-order valence-electron chi connectivity index (χ4n) is 2.79. The Labute approximate surface area is 118 Å². The Bertz CT molecular complexity index is 326. The van der Waals surface area contributed by atoms with Crippen molar-refractivity contribution in [2.24, 2.45) is 0 Å². The predicted octanol–water partition coefficient (Wildman–Crippen LogP) is 3.46. The van der Waals surface area contributed by atoms with Crippen LogP contribution in [0.3, 0.4) is 0 Å². The molecule has 0 radical (unpaired) electrons. The van der Waals surface area contributed by atoms with Crippen LogP contribution < -0.4 is 5.32 Å². The lowest BCUT2D eigenvalue weighted by molar-refractivity contribution is -0.133. The van der Waals surface area contributed by atoms with Crippen molar-refractivity contribution in [3.05, 3.63) is 11.1 Å². The fourth-order valence-corrected chi connectivity index (χ4v) is 2.79. The van der Waals surface area contributed by atoms with Crippen molar-refractivity contribution in [3.63, 3.8) is 0 Å². The Morgan fingerprint density at radius 1 is 1.32 bits per heavy atom. The highest BCUT2D eigenvalue weighted by Crippen LogP contribution is 2.21. The van der Waals surface area contributed by atoms with Crippen molar-refractivity contribution in [2.45, 2.75) is 78.9 Å². The van der Waals surface area contributed by atoms with Crippen LogP contribution in [0.4, 0.5) is 0 Å². The molecule has 3 nitrogen and oxygen atoms in total. The van der Waals surface area contributed by atoms with Crippen LogP contribution in [0.2, 0.25) is 0 Å². The van der Waals surface area contributed by atoms with E-state index in [9.17, 15) is 4.79 Å². The average Bonchev–Trinajstić information content (AvgIpc) is 2.40. The Morgan fingerprint density at radius 3 is 2.42 bits per heavy atom. The van der Waals surface area contributed by atoms with Crippen molar-refractivity contribution in [2.75, 3.05) is 6.54 Å². The summed E-state index contributed by atoms with van der Waals surface area (Å²) in [7, 11) is 0. The molecule has 0 aromatic rings. The van der Waals surface area contributed by atoms with Gasteiger partial charge in [0, 0.05) is 11.6 Å². The summed E-state index contributed by atoms with van der Waals surface area (Å²) in [5.41, 5.74) is 2.13. The highest BCUT2D eigenvalue weighted by atomic mass is 16.2. The summed E-state index contributed by atoms with van der Waals surface area (Å²) in [6.07, 6.45) is 5.56. The minimum Gasteiger partial charge on any atom is -0.321 e. The largest absolute Gasteiger partial charge is 0.321 e. The molecular formula is C16H30N2O. The van der Waals surface area contributed by atoms with Gasteiger partial charge in [0.1, 0.15) is 0 Å². The van der Waals surface area contributed by atoms with E-state index in [2.05, 4.69) is 31.0 Å². The summed E-state index contributed by atoms with van der Waals surface area (Å²) in [4.78, 5) is 14.9. The number of piperidine rings is 1. The van der Waals surface area contributed by atoms with E-state index in [1.54, 1.807) is 0 Å². The van der Waals surface area contributed by atoms with Crippen molar-refractivity contribution >= 4 is 5.91 Å². The van der Waals surface area contributed by atoms with Gasteiger partial charge in [-0.05, 0) is 59.4 Å². The quantitative estimate of drug-likeness (QED) is 0.773. The van der Waals surface area contributed by atoms with Crippen LogP contribution in [0.5, 0.6) is 0 Å². The minimum atomic E-state index is 0.220. The van der Waals surface area contributed by atoms with Gasteiger partial charge in [-0.15, -0.1) is 0 Å². The first-order chi connectivity index (χ1) is 9.02. The van der Waals surface area contributed by atoms with Crippen LogP contribution in [0.25, 0.3) is 0 Å². The third-order valence-corrected chi connectivity index (χ3v) is 4.14. The van der Waals surface area contributed by atoms with E-state index in [4.69, 9.17) is 0 Å². The van der Waals surface area contributed by atoms with Gasteiger partial charge in [0.15, 0.2) is 0 Å². The lowest BCUT2D eigenvalue weighted by atomic mass is 10.0. The van der Waals surface area contributed by atoms with Gasteiger partial charge >= 0.3 is 0 Å². The standard InChI is InChI=1S/C16H30N2O/c1-6-13(5)18(15-10-8-9-11-17-15)16(19)14(7-2)12(3)4/h13,15,17H,6-11H2,1-5H3. The maximum atomic E-state index is 12.8. The first kappa shape index (κ1) is 16.2. The number of carbonyl (C=O) groups is 1. The lowest BCUT2D eigenvalue weighted by Gasteiger charge is -2.39. The number of carbonyl (C=O) groups excluding carboxylic acids is 1. The second-order valence-electron chi connectivity index (χ2n) is 5.77. The molecule has 0 aromatic heterocycles. The van der Waals surface area contributed by atoms with Crippen LogP contribution in [0.1, 0.15) is 66.7 Å². The third-order valence-electron chi connectivity index (χ3n) is 4.14. The molecule has 0 aromatic carbocycles. The van der Waals surface area contributed by atoms with E-state index in [0.717, 1.165) is 37.0 Å². The molecule has 0 spiro atoms. The topological polar surface area (TPSA) is 32.3 Å². The predicted molar refractivity (Wildman–Crippen MR) is 80.9 cm³/mol. The number of hydrogen-bond donors (Lipinski definition) is 1. The van der Waals surface area contributed by atoms with E-state index < -0.39 is 0 Å². The number of amides is 1. The van der Waals surface area contributed by atoms with Gasteiger partial charge in [-0.2, -0.15) is 0 Å². The van der Waals surface area contributed by atoms with Crippen molar-refractivity contribution in [1.82, 2.24) is 10.2 Å². The van der Waals surface area contributed by atoms with Gasteiger partial charge in [-0.1, -0.05) is 19.4 Å². The number of nitrogens with zero attached hydrogens (tertiary/aromatic N) is 1. The summed E-state index contributed by atoms with van der Waals surface area (Å²) in [5.74, 6) is 0.233. The Balaban J connectivity index is 2.96. The molecule has 1 N–H and O–H groups in total. The van der Waals surface area contributed by atoms with Gasteiger partial charge in [0.05, 0.1) is 6.17 Å². The van der Waals surface area contributed by atoms with Crippen LogP contribution in [-0.4, -0.2) is 29.6 Å². The molecule has 1 rings (SSSR count). The molecule has 0 saturated carbocycles. The number of hydrogen-bond acceptors (Lipinski definition) is 2. The van der Waals surface area contributed by atoms with Gasteiger partial charge in [-0.3, -0.25) is 10.1 Å². The second kappa shape index (κ2) is 7.68. The first-order valence-corrected chi connectivity index (χ1v) is 7.75. The smallest absolute Gasteiger partial charge is 0.251 e. The van der Waals surface area contributed by atoms with Gasteiger partial charge < -0.3 is 4.90 Å². The molecule has 110 valence electrons. The van der Waals surface area contributed by atoms with Gasteiger partial charge in [-0.25, -0.2) is 0 Å². The highest BCUT2D eigenvalue weighted by Gasteiger charge is 2.30. The van der Waals surface area contributed by atoms with Crippen molar-refractivity contribution < 1.29 is 4.79 Å². The summed E-state index contributed by atoms with van der Waals surface area (Å²) in [6, 6.07) is 0.295. The fraction of sp³-hybridized carbons (Fsp3) is 0.812. The third kappa shape index (κ3) is 4.07. The zero-order chi connectivity index (χ0) is 14.4. The van der Waals surface area contributed by atoms with Crippen LogP contribution in [-0.2, 0) is 4.79 Å². The molecule has 2 atom stereocenters. The summed E-state index contributed by atoms with van der Waals surface area (Å²) >= 11 is 0. The zero-order valence-electron chi connectivity index (χ0n) is 13.3. The molecule has 19 heavy (non-hydrogen) atoms. The minimum absolute atomic E-state index is 0.220. The molecule has 2 unspecified atom stereocenters. The molecular weight excluding hydrogens is 236 g/mol. The molecule has 3 heteroatoms.